The zero-order valence-electron chi connectivity index (χ0n) is 12.0. The van der Waals surface area contributed by atoms with E-state index in [-0.39, 0.29) is 0 Å². The first-order valence-electron chi connectivity index (χ1n) is 7.07. The van der Waals surface area contributed by atoms with E-state index in [1.54, 1.807) is 0 Å². The maximum Gasteiger partial charge on any atom is 0.202 e. The fraction of sp³-hybridized carbons (Fsp3) is 0.600. The van der Waals surface area contributed by atoms with Gasteiger partial charge in [0.2, 0.25) is 5.95 Å². The van der Waals surface area contributed by atoms with Crippen molar-refractivity contribution in [2.45, 2.75) is 52.5 Å². The molecule has 4 heteroatoms. The van der Waals surface area contributed by atoms with Crippen molar-refractivity contribution in [3.05, 3.63) is 17.8 Å². The van der Waals surface area contributed by atoms with E-state index in [0.29, 0.717) is 17.4 Å². The molecular formula is C15H22N4. The molecule has 2 N–H and O–H groups in total. The van der Waals surface area contributed by atoms with Gasteiger partial charge in [0.25, 0.3) is 0 Å². The van der Waals surface area contributed by atoms with Crippen LogP contribution in [-0.2, 0) is 0 Å². The molecule has 1 aliphatic carbocycles. The van der Waals surface area contributed by atoms with Gasteiger partial charge < -0.3 is 5.73 Å². The van der Waals surface area contributed by atoms with Crippen molar-refractivity contribution in [1.82, 2.24) is 14.5 Å². The van der Waals surface area contributed by atoms with Crippen molar-refractivity contribution < 1.29 is 0 Å². The number of nitrogens with two attached hydrogens (primary N) is 1. The fourth-order valence-electron chi connectivity index (χ4n) is 3.09. The molecule has 0 radical (unpaired) electrons. The molecule has 0 aromatic carbocycles. The predicted octanol–water partition coefficient (Wildman–Crippen LogP) is 3.46. The predicted molar refractivity (Wildman–Crippen MR) is 78.0 cm³/mol. The molecule has 2 heterocycles. The second kappa shape index (κ2) is 4.22. The van der Waals surface area contributed by atoms with E-state index in [1.165, 1.54) is 12.8 Å². The fourth-order valence-corrected chi connectivity index (χ4v) is 3.09. The Balaban J connectivity index is 2.01. The van der Waals surface area contributed by atoms with Crippen LogP contribution in [0.2, 0.25) is 0 Å². The summed E-state index contributed by atoms with van der Waals surface area (Å²) >= 11 is 0. The van der Waals surface area contributed by atoms with Crippen molar-refractivity contribution in [1.29, 1.82) is 0 Å². The molecule has 0 atom stereocenters. The van der Waals surface area contributed by atoms with Crippen LogP contribution in [0.4, 0.5) is 5.95 Å². The van der Waals surface area contributed by atoms with Gasteiger partial charge in [-0.2, -0.15) is 0 Å². The van der Waals surface area contributed by atoms with Gasteiger partial charge in [0.1, 0.15) is 5.52 Å². The first kappa shape index (κ1) is 12.5. The molecular weight excluding hydrogens is 236 g/mol. The Bertz CT molecular complexity index is 602. The van der Waals surface area contributed by atoms with Crippen molar-refractivity contribution in [3.63, 3.8) is 0 Å². The zero-order valence-corrected chi connectivity index (χ0v) is 12.0. The molecule has 0 spiro atoms. The molecule has 0 amide bonds. The van der Waals surface area contributed by atoms with Crippen LogP contribution in [0.3, 0.4) is 0 Å². The summed E-state index contributed by atoms with van der Waals surface area (Å²) in [6, 6.07) is 4.45. The van der Waals surface area contributed by atoms with Crippen molar-refractivity contribution in [3.8, 4) is 0 Å². The summed E-state index contributed by atoms with van der Waals surface area (Å²) in [5, 5.41) is 0. The van der Waals surface area contributed by atoms with E-state index in [1.807, 2.05) is 19.1 Å². The lowest BCUT2D eigenvalue weighted by Crippen LogP contribution is -2.24. The Hall–Kier alpha value is -1.58. The molecule has 3 rings (SSSR count). The maximum absolute atomic E-state index is 6.11. The number of nitrogen functional groups attached to an aromatic ring is 1. The van der Waals surface area contributed by atoms with Gasteiger partial charge in [0.05, 0.1) is 0 Å². The molecule has 1 fully saturated rings. The molecule has 0 bridgehead atoms. The molecule has 2 aromatic rings. The number of nitrogens with zero attached hydrogens (tertiary/aromatic N) is 3. The van der Waals surface area contributed by atoms with Crippen LogP contribution in [0.1, 0.15) is 51.3 Å². The highest BCUT2D eigenvalue weighted by molar-refractivity contribution is 5.74. The van der Waals surface area contributed by atoms with Gasteiger partial charge in [-0.1, -0.05) is 13.8 Å². The summed E-state index contributed by atoms with van der Waals surface area (Å²) in [4.78, 5) is 9.07. The summed E-state index contributed by atoms with van der Waals surface area (Å²) in [6.45, 7) is 6.71. The summed E-state index contributed by atoms with van der Waals surface area (Å²) < 4.78 is 2.15. The van der Waals surface area contributed by atoms with Gasteiger partial charge in [-0.05, 0) is 50.2 Å². The average Bonchev–Trinajstić information content (AvgIpc) is 2.65. The Labute approximate surface area is 114 Å². The van der Waals surface area contributed by atoms with Gasteiger partial charge in [-0.3, -0.25) is 4.57 Å². The van der Waals surface area contributed by atoms with Gasteiger partial charge >= 0.3 is 0 Å². The largest absolute Gasteiger partial charge is 0.369 e. The molecule has 0 unspecified atom stereocenters. The smallest absolute Gasteiger partial charge is 0.202 e. The van der Waals surface area contributed by atoms with Crippen LogP contribution in [-0.4, -0.2) is 14.5 Å². The van der Waals surface area contributed by atoms with Crippen LogP contribution in [0, 0.1) is 12.3 Å². The van der Waals surface area contributed by atoms with Gasteiger partial charge in [0.15, 0.2) is 5.65 Å². The van der Waals surface area contributed by atoms with Crippen molar-refractivity contribution in [2.24, 2.45) is 5.41 Å². The summed E-state index contributed by atoms with van der Waals surface area (Å²) in [7, 11) is 0. The number of pyridine rings is 1. The molecule has 4 nitrogen and oxygen atoms in total. The molecule has 102 valence electrons. The first-order chi connectivity index (χ1) is 8.96. The Morgan fingerprint density at radius 2 is 1.89 bits per heavy atom. The minimum absolute atomic E-state index is 0.451. The third-order valence-corrected chi connectivity index (χ3v) is 4.38. The lowest BCUT2D eigenvalue weighted by molar-refractivity contribution is 0.196. The molecule has 0 saturated heterocycles. The lowest BCUT2D eigenvalue weighted by Gasteiger charge is -2.35. The highest BCUT2D eigenvalue weighted by Crippen LogP contribution is 2.41. The van der Waals surface area contributed by atoms with Crippen LogP contribution in [0.5, 0.6) is 0 Å². The summed E-state index contributed by atoms with van der Waals surface area (Å²) in [6.07, 6.45) is 4.81. The van der Waals surface area contributed by atoms with Crippen molar-refractivity contribution >= 4 is 17.1 Å². The van der Waals surface area contributed by atoms with Gasteiger partial charge in [0, 0.05) is 11.7 Å². The normalized spacial score (nSPS) is 19.9. The number of rotatable bonds is 1. The van der Waals surface area contributed by atoms with E-state index in [2.05, 4.69) is 28.4 Å². The van der Waals surface area contributed by atoms with Crippen LogP contribution in [0.15, 0.2) is 12.1 Å². The third-order valence-electron chi connectivity index (χ3n) is 4.38. The highest BCUT2D eigenvalue weighted by atomic mass is 15.2. The number of aromatic nitrogens is 3. The first-order valence-corrected chi connectivity index (χ1v) is 7.07. The zero-order chi connectivity index (χ0) is 13.6. The van der Waals surface area contributed by atoms with E-state index in [0.717, 1.165) is 29.7 Å². The Morgan fingerprint density at radius 3 is 2.58 bits per heavy atom. The van der Waals surface area contributed by atoms with E-state index >= 15 is 0 Å². The second-order valence-electron chi connectivity index (χ2n) is 6.53. The molecule has 2 aromatic heterocycles. The highest BCUT2D eigenvalue weighted by Gasteiger charge is 2.29. The number of fused-ring (bicyclic) bond motifs is 1. The van der Waals surface area contributed by atoms with Crippen LogP contribution < -0.4 is 5.73 Å². The molecule has 1 aliphatic rings. The SMILES string of the molecule is Cc1ccc2nc(N)n(C3CCC(C)(C)CC3)c2n1. The summed E-state index contributed by atoms with van der Waals surface area (Å²) in [5.41, 5.74) is 9.45. The van der Waals surface area contributed by atoms with Gasteiger partial charge in [-0.25, -0.2) is 9.97 Å². The number of hydrogen-bond acceptors (Lipinski definition) is 3. The summed E-state index contributed by atoms with van der Waals surface area (Å²) in [5.74, 6) is 0.609. The number of aryl methyl sites for hydroxylation is 1. The van der Waals surface area contributed by atoms with E-state index in [4.69, 9.17) is 5.73 Å². The van der Waals surface area contributed by atoms with Crippen molar-refractivity contribution in [2.75, 3.05) is 5.73 Å². The standard InChI is InChI=1S/C15H22N4/c1-10-4-5-12-13(17-10)19(14(16)18-12)11-6-8-15(2,3)9-7-11/h4-5,11H,6-9H2,1-3H3,(H2,16,18). The number of anilines is 1. The number of imidazole rings is 1. The van der Waals surface area contributed by atoms with Crippen LogP contribution in [0.25, 0.3) is 11.2 Å². The average molecular weight is 258 g/mol. The molecule has 0 aliphatic heterocycles. The Kier molecular flexibility index (Phi) is 2.77. The van der Waals surface area contributed by atoms with Crippen LogP contribution >= 0.6 is 0 Å². The number of hydrogen-bond donors (Lipinski definition) is 1. The minimum atomic E-state index is 0.451. The van der Waals surface area contributed by atoms with Gasteiger partial charge in [-0.15, -0.1) is 0 Å². The topological polar surface area (TPSA) is 56.7 Å². The third kappa shape index (κ3) is 2.20. The Morgan fingerprint density at radius 1 is 1.21 bits per heavy atom. The maximum atomic E-state index is 6.11. The molecule has 19 heavy (non-hydrogen) atoms. The molecule has 1 saturated carbocycles. The van der Waals surface area contributed by atoms with E-state index < -0.39 is 0 Å². The second-order valence-corrected chi connectivity index (χ2v) is 6.53. The lowest BCUT2D eigenvalue weighted by atomic mass is 9.75. The quantitative estimate of drug-likeness (QED) is 0.852. The minimum Gasteiger partial charge on any atom is -0.369 e. The monoisotopic (exact) mass is 258 g/mol. The van der Waals surface area contributed by atoms with E-state index in [9.17, 15) is 0 Å².